The SMILES string of the molecule is Cc1ccc(S(=O)(=O)N(CC(=O)Nc2ccc(S(=O)(=O)N3CCCCCC3)cc2)c2cccc(Br)c2)cc1. The van der Waals surface area contributed by atoms with Gasteiger partial charge in [0.1, 0.15) is 6.54 Å². The minimum absolute atomic E-state index is 0.0685. The third-order valence-electron chi connectivity index (χ3n) is 6.33. The van der Waals surface area contributed by atoms with Crippen LogP contribution in [0.3, 0.4) is 0 Å². The van der Waals surface area contributed by atoms with E-state index in [1.54, 1.807) is 36.4 Å². The predicted octanol–water partition coefficient (Wildman–Crippen LogP) is 5.16. The highest BCUT2D eigenvalue weighted by molar-refractivity contribution is 9.10. The fourth-order valence-corrected chi connectivity index (χ4v) is 7.57. The molecule has 0 atom stereocenters. The molecule has 4 rings (SSSR count). The normalized spacial score (nSPS) is 15.0. The lowest BCUT2D eigenvalue weighted by Gasteiger charge is -2.24. The fraction of sp³-hybridized carbons (Fsp3) is 0.296. The zero-order chi connectivity index (χ0) is 27.3. The molecule has 8 nitrogen and oxygen atoms in total. The highest BCUT2D eigenvalue weighted by Crippen LogP contribution is 2.27. The van der Waals surface area contributed by atoms with Crippen molar-refractivity contribution in [1.82, 2.24) is 4.31 Å². The van der Waals surface area contributed by atoms with Crippen molar-refractivity contribution in [3.05, 3.63) is 82.8 Å². The molecule has 0 bridgehead atoms. The largest absolute Gasteiger partial charge is 0.325 e. The quantitative estimate of drug-likeness (QED) is 0.375. The first kappa shape index (κ1) is 28.3. The Morgan fingerprint density at radius 3 is 2.08 bits per heavy atom. The summed E-state index contributed by atoms with van der Waals surface area (Å²) in [6, 6.07) is 19.1. The van der Waals surface area contributed by atoms with E-state index in [1.165, 1.54) is 40.7 Å². The molecule has 3 aromatic rings. The summed E-state index contributed by atoms with van der Waals surface area (Å²) in [6.07, 6.45) is 3.72. The number of benzene rings is 3. The van der Waals surface area contributed by atoms with Crippen LogP contribution in [-0.2, 0) is 24.8 Å². The third kappa shape index (κ3) is 6.63. The number of carbonyl (C=O) groups excluding carboxylic acids is 1. The first-order chi connectivity index (χ1) is 18.1. The van der Waals surface area contributed by atoms with Crippen molar-refractivity contribution in [3.8, 4) is 0 Å². The maximum absolute atomic E-state index is 13.5. The number of rotatable bonds is 8. The summed E-state index contributed by atoms with van der Waals surface area (Å²) < 4.78 is 56.4. The maximum Gasteiger partial charge on any atom is 0.264 e. The smallest absolute Gasteiger partial charge is 0.264 e. The molecular weight excluding hydrogens is 590 g/mol. The van der Waals surface area contributed by atoms with Gasteiger partial charge in [-0.1, -0.05) is 52.5 Å². The molecule has 0 unspecified atom stereocenters. The van der Waals surface area contributed by atoms with E-state index in [0.717, 1.165) is 35.6 Å². The minimum Gasteiger partial charge on any atom is -0.325 e. The molecule has 38 heavy (non-hydrogen) atoms. The summed E-state index contributed by atoms with van der Waals surface area (Å²) in [6.45, 7) is 2.39. The number of nitrogens with one attached hydrogen (secondary N) is 1. The van der Waals surface area contributed by atoms with Crippen LogP contribution < -0.4 is 9.62 Å². The van der Waals surface area contributed by atoms with Crippen molar-refractivity contribution >= 4 is 53.3 Å². The highest BCUT2D eigenvalue weighted by Gasteiger charge is 2.28. The highest BCUT2D eigenvalue weighted by atomic mass is 79.9. The minimum atomic E-state index is -4.05. The molecule has 1 aliphatic rings. The number of hydrogen-bond donors (Lipinski definition) is 1. The Bertz CT molecular complexity index is 1480. The summed E-state index contributed by atoms with van der Waals surface area (Å²) in [4.78, 5) is 13.3. The molecule has 11 heteroatoms. The van der Waals surface area contributed by atoms with E-state index in [4.69, 9.17) is 0 Å². The van der Waals surface area contributed by atoms with Gasteiger partial charge >= 0.3 is 0 Å². The second-order valence-electron chi connectivity index (χ2n) is 9.20. The topological polar surface area (TPSA) is 104 Å². The maximum atomic E-state index is 13.5. The molecule has 3 aromatic carbocycles. The average Bonchev–Trinajstić information content (AvgIpc) is 3.18. The molecule has 1 amide bonds. The van der Waals surface area contributed by atoms with Gasteiger partial charge in [0.15, 0.2) is 0 Å². The number of anilines is 2. The van der Waals surface area contributed by atoms with Gasteiger partial charge in [0, 0.05) is 23.2 Å². The molecule has 202 valence electrons. The summed E-state index contributed by atoms with van der Waals surface area (Å²) in [5.41, 5.74) is 1.61. The lowest BCUT2D eigenvalue weighted by Crippen LogP contribution is -2.38. The third-order valence-corrected chi connectivity index (χ3v) is 10.5. The van der Waals surface area contributed by atoms with Gasteiger partial charge < -0.3 is 5.32 Å². The van der Waals surface area contributed by atoms with Gasteiger partial charge in [0.05, 0.1) is 15.5 Å². The predicted molar refractivity (Wildman–Crippen MR) is 152 cm³/mol. The average molecular weight is 621 g/mol. The van der Waals surface area contributed by atoms with Crippen molar-refractivity contribution < 1.29 is 21.6 Å². The summed E-state index contributed by atoms with van der Waals surface area (Å²) in [5, 5.41) is 2.69. The molecule has 1 saturated heterocycles. The van der Waals surface area contributed by atoms with Crippen molar-refractivity contribution in [3.63, 3.8) is 0 Å². The van der Waals surface area contributed by atoms with Gasteiger partial charge in [-0.15, -0.1) is 0 Å². The summed E-state index contributed by atoms with van der Waals surface area (Å²) >= 11 is 3.36. The molecule has 0 radical (unpaired) electrons. The summed E-state index contributed by atoms with van der Waals surface area (Å²) in [7, 11) is -7.66. The van der Waals surface area contributed by atoms with Crippen LogP contribution in [0.25, 0.3) is 0 Å². The van der Waals surface area contributed by atoms with Crippen LogP contribution in [-0.4, -0.2) is 46.7 Å². The van der Waals surface area contributed by atoms with E-state index in [-0.39, 0.29) is 9.79 Å². The number of sulfonamides is 2. The number of amides is 1. The van der Waals surface area contributed by atoms with E-state index < -0.39 is 32.5 Å². The molecular formula is C27H30BrN3O5S2. The molecule has 0 spiro atoms. The van der Waals surface area contributed by atoms with Crippen LogP contribution in [0.5, 0.6) is 0 Å². The van der Waals surface area contributed by atoms with Crippen LogP contribution in [0.4, 0.5) is 11.4 Å². The lowest BCUT2D eigenvalue weighted by molar-refractivity contribution is -0.114. The van der Waals surface area contributed by atoms with E-state index >= 15 is 0 Å². The Morgan fingerprint density at radius 1 is 0.868 bits per heavy atom. The van der Waals surface area contributed by atoms with Gasteiger partial charge in [0.2, 0.25) is 15.9 Å². The van der Waals surface area contributed by atoms with Crippen molar-refractivity contribution in [2.24, 2.45) is 0 Å². The first-order valence-electron chi connectivity index (χ1n) is 12.3. The number of nitrogens with zero attached hydrogens (tertiary/aromatic N) is 2. The van der Waals surface area contributed by atoms with Gasteiger partial charge in [-0.2, -0.15) is 4.31 Å². The summed E-state index contributed by atoms with van der Waals surface area (Å²) in [5.74, 6) is -0.566. The Morgan fingerprint density at radius 2 is 1.47 bits per heavy atom. The van der Waals surface area contributed by atoms with Gasteiger partial charge in [0.25, 0.3) is 10.0 Å². The molecule has 1 heterocycles. The Balaban J connectivity index is 1.53. The number of carbonyl (C=O) groups is 1. The Hall–Kier alpha value is -2.73. The monoisotopic (exact) mass is 619 g/mol. The van der Waals surface area contributed by atoms with Crippen LogP contribution in [0.2, 0.25) is 0 Å². The van der Waals surface area contributed by atoms with E-state index in [1.807, 2.05) is 6.92 Å². The molecule has 0 aromatic heterocycles. The van der Waals surface area contributed by atoms with Gasteiger partial charge in [-0.3, -0.25) is 9.10 Å². The van der Waals surface area contributed by atoms with Gasteiger partial charge in [-0.05, 0) is 74.4 Å². The second-order valence-corrected chi connectivity index (χ2v) is 13.9. The second kappa shape index (κ2) is 12.0. The van der Waals surface area contributed by atoms with Crippen molar-refractivity contribution in [2.75, 3.05) is 29.3 Å². The molecule has 1 N–H and O–H groups in total. The number of halogens is 1. The van der Waals surface area contributed by atoms with E-state index in [2.05, 4.69) is 21.2 Å². The van der Waals surface area contributed by atoms with Crippen LogP contribution in [0.15, 0.2) is 87.1 Å². The van der Waals surface area contributed by atoms with E-state index in [0.29, 0.717) is 28.9 Å². The van der Waals surface area contributed by atoms with Crippen LogP contribution in [0.1, 0.15) is 31.2 Å². The Kier molecular flexibility index (Phi) is 8.92. The Labute approximate surface area is 232 Å². The fourth-order valence-electron chi connectivity index (χ4n) is 4.26. The molecule has 0 aliphatic carbocycles. The number of aryl methyl sites for hydroxylation is 1. The van der Waals surface area contributed by atoms with Crippen LogP contribution >= 0.6 is 15.9 Å². The van der Waals surface area contributed by atoms with Gasteiger partial charge in [-0.25, -0.2) is 16.8 Å². The van der Waals surface area contributed by atoms with E-state index in [9.17, 15) is 21.6 Å². The van der Waals surface area contributed by atoms with Crippen molar-refractivity contribution in [1.29, 1.82) is 0 Å². The van der Waals surface area contributed by atoms with Crippen molar-refractivity contribution in [2.45, 2.75) is 42.4 Å². The van der Waals surface area contributed by atoms with Crippen LogP contribution in [0, 0.1) is 6.92 Å². The molecule has 1 aliphatic heterocycles. The number of hydrogen-bond acceptors (Lipinski definition) is 5. The zero-order valence-corrected chi connectivity index (χ0v) is 24.2. The zero-order valence-electron chi connectivity index (χ0n) is 21.0. The standard InChI is InChI=1S/C27H30BrN3O5S2/c1-21-9-13-26(14-10-21)38(35,36)31(24-8-6-7-22(28)19-24)20-27(32)29-23-11-15-25(16-12-23)37(33,34)30-17-4-2-3-5-18-30/h6-16,19H,2-5,17-18,20H2,1H3,(H,29,32). The lowest BCUT2D eigenvalue weighted by atomic mass is 10.2. The molecule has 1 fully saturated rings. The molecule has 0 saturated carbocycles. The first-order valence-corrected chi connectivity index (χ1v) is 16.0.